The molecule has 0 radical (unpaired) electrons. The van der Waals surface area contributed by atoms with Gasteiger partial charge in [-0.2, -0.15) is 0 Å². The van der Waals surface area contributed by atoms with Crippen LogP contribution in [0.25, 0.3) is 0 Å². The van der Waals surface area contributed by atoms with E-state index in [0.29, 0.717) is 0 Å². The Balaban J connectivity index is 2.55. The molecule has 1 atom stereocenters. The molecule has 0 aromatic heterocycles. The van der Waals surface area contributed by atoms with Crippen LogP contribution >= 0.6 is 9.24 Å². The second kappa shape index (κ2) is 3.23. The molecule has 0 saturated carbocycles. The highest BCUT2D eigenvalue weighted by atomic mass is 31.0. The van der Waals surface area contributed by atoms with Crippen molar-refractivity contribution in [2.75, 3.05) is 0 Å². The molecule has 0 aliphatic heterocycles. The maximum Gasteiger partial charge on any atom is 0.129 e. The van der Waals surface area contributed by atoms with E-state index in [4.69, 9.17) is 0 Å². The molecule has 0 aromatic rings. The Bertz CT molecular complexity index is 21.2. The molecule has 0 nitrogen and oxygen atoms in total. The van der Waals surface area contributed by atoms with Crippen LogP contribution in [0.3, 0.4) is 0 Å². The van der Waals surface area contributed by atoms with Gasteiger partial charge in [-0.1, -0.05) is 5.82 Å². The Morgan fingerprint density at radius 2 is 2.00 bits per heavy atom. The average molecular weight is 71.9 g/mol. The third-order valence-electron chi connectivity index (χ3n) is 0.192. The molecule has 0 fully saturated rings. The molecule has 0 rings (SSSR count). The van der Waals surface area contributed by atoms with Gasteiger partial charge in [0.1, 0.15) is 7.85 Å². The van der Waals surface area contributed by atoms with Gasteiger partial charge in [0.05, 0.1) is 0 Å². The normalized spacial score (nSPS) is 9.25. The quantitative estimate of drug-likeness (QED) is 0.278. The molecule has 2 heteroatoms. The van der Waals surface area contributed by atoms with Crippen LogP contribution in [0, 0.1) is 0 Å². The van der Waals surface area contributed by atoms with Crippen molar-refractivity contribution in [1.82, 2.24) is 0 Å². The molecule has 0 spiro atoms. The lowest BCUT2D eigenvalue weighted by molar-refractivity contribution is 2.54. The molecule has 0 N–H and O–H groups in total. The fraction of sp³-hybridized carbons (Fsp3) is 0. The maximum absolute atomic E-state index is 2.47. The highest BCUT2D eigenvalue weighted by Crippen LogP contribution is 1.74. The predicted molar refractivity (Wildman–Crippen MR) is 27.4 cm³/mol. The van der Waals surface area contributed by atoms with Crippen LogP contribution in [0.5, 0.6) is 0 Å². The first-order valence-corrected chi connectivity index (χ1v) is 1.91. The summed E-state index contributed by atoms with van der Waals surface area (Å²) >= 11 is 0. The third kappa shape index (κ3) is 2.23. The SMILES string of the molecule is B/C=C\P. The average Bonchev–Trinajstić information content (AvgIpc) is 1.37. The van der Waals surface area contributed by atoms with Gasteiger partial charge in [-0.05, 0) is 0 Å². The van der Waals surface area contributed by atoms with E-state index in [0.717, 1.165) is 0 Å². The molecule has 0 aliphatic carbocycles. The Morgan fingerprint density at radius 1 is 1.75 bits per heavy atom. The maximum atomic E-state index is 2.47. The largest absolute Gasteiger partial charge is 0.129 e. The summed E-state index contributed by atoms with van der Waals surface area (Å²) in [7, 11) is 4.45. The van der Waals surface area contributed by atoms with Crippen molar-refractivity contribution in [2.24, 2.45) is 0 Å². The lowest BCUT2D eigenvalue weighted by atomic mass is 10.2. The first-order valence-electron chi connectivity index (χ1n) is 1.24. The van der Waals surface area contributed by atoms with Crippen molar-refractivity contribution in [2.45, 2.75) is 0 Å². The van der Waals surface area contributed by atoms with Crippen LogP contribution in [0.4, 0.5) is 0 Å². The first kappa shape index (κ1) is 4.23. The zero-order valence-electron chi connectivity index (χ0n) is 2.73. The van der Waals surface area contributed by atoms with Gasteiger partial charge in [0.25, 0.3) is 0 Å². The van der Waals surface area contributed by atoms with Crippen LogP contribution in [-0.2, 0) is 0 Å². The predicted octanol–water partition coefficient (Wildman–Crippen LogP) is -0.0342. The van der Waals surface area contributed by atoms with Gasteiger partial charge in [0.2, 0.25) is 0 Å². The van der Waals surface area contributed by atoms with Gasteiger partial charge < -0.3 is 0 Å². The van der Waals surface area contributed by atoms with Gasteiger partial charge >= 0.3 is 0 Å². The summed E-state index contributed by atoms with van der Waals surface area (Å²) < 4.78 is 0. The number of rotatable bonds is 0. The van der Waals surface area contributed by atoms with Gasteiger partial charge in [-0.3, -0.25) is 0 Å². The molecule has 22 valence electrons. The minimum atomic E-state index is 1.92. The van der Waals surface area contributed by atoms with Crippen molar-refractivity contribution in [3.8, 4) is 0 Å². The third-order valence-corrected chi connectivity index (χ3v) is 0.577. The molecule has 0 aliphatic rings. The van der Waals surface area contributed by atoms with Crippen LogP contribution in [0.2, 0.25) is 0 Å². The zero-order chi connectivity index (χ0) is 3.41. The van der Waals surface area contributed by atoms with E-state index in [1.165, 1.54) is 0 Å². The first-order chi connectivity index (χ1) is 1.91. The minimum Gasteiger partial charge on any atom is -0.124 e. The van der Waals surface area contributed by atoms with Crippen molar-refractivity contribution < 1.29 is 0 Å². The minimum absolute atomic E-state index is 1.92. The standard InChI is InChI=1S/C2H6BP/c3-1-2-4/h1-2H,3-4H2/b2-1-. The van der Waals surface area contributed by atoms with Gasteiger partial charge in [0.15, 0.2) is 0 Å². The van der Waals surface area contributed by atoms with E-state index < -0.39 is 0 Å². The molecule has 0 bridgehead atoms. The lowest BCUT2D eigenvalue weighted by Crippen LogP contribution is -1.35. The van der Waals surface area contributed by atoms with E-state index in [2.05, 4.69) is 9.24 Å². The molecular weight excluding hydrogens is 65.8 g/mol. The molecular formula is C2H6BP. The second-order valence-corrected chi connectivity index (χ2v) is 0.911. The fourth-order valence-corrected chi connectivity index (χ4v) is 0. The zero-order valence-corrected chi connectivity index (χ0v) is 3.89. The molecule has 0 amide bonds. The van der Waals surface area contributed by atoms with Crippen LogP contribution in [-0.4, -0.2) is 7.85 Å². The number of hydrogen-bond acceptors (Lipinski definition) is 0. The molecule has 1 unspecified atom stereocenters. The lowest BCUT2D eigenvalue weighted by Gasteiger charge is -1.48. The van der Waals surface area contributed by atoms with E-state index in [1.807, 2.05) is 19.6 Å². The summed E-state index contributed by atoms with van der Waals surface area (Å²) in [6.07, 6.45) is 0. The van der Waals surface area contributed by atoms with E-state index in [1.54, 1.807) is 0 Å². The highest BCUT2D eigenvalue weighted by molar-refractivity contribution is 7.20. The van der Waals surface area contributed by atoms with Crippen LogP contribution < -0.4 is 0 Å². The van der Waals surface area contributed by atoms with Gasteiger partial charge in [-0.15, -0.1) is 15.2 Å². The van der Waals surface area contributed by atoms with Crippen LogP contribution in [0.15, 0.2) is 11.8 Å². The Labute approximate surface area is 29.9 Å². The molecule has 0 saturated heterocycles. The van der Waals surface area contributed by atoms with E-state index >= 15 is 0 Å². The summed E-state index contributed by atoms with van der Waals surface area (Å²) in [5, 5.41) is 0. The second-order valence-electron chi connectivity index (χ2n) is 0.526. The Kier molecular flexibility index (Phi) is 3.42. The van der Waals surface area contributed by atoms with Gasteiger partial charge in [-0.25, -0.2) is 0 Å². The summed E-state index contributed by atoms with van der Waals surface area (Å²) in [4.78, 5) is 0. The van der Waals surface area contributed by atoms with Crippen molar-refractivity contribution in [3.63, 3.8) is 0 Å². The van der Waals surface area contributed by atoms with Gasteiger partial charge in [0, 0.05) is 0 Å². The van der Waals surface area contributed by atoms with Crippen molar-refractivity contribution in [1.29, 1.82) is 0 Å². The smallest absolute Gasteiger partial charge is 0.124 e. The summed E-state index contributed by atoms with van der Waals surface area (Å²) in [6.45, 7) is 0. The van der Waals surface area contributed by atoms with Crippen molar-refractivity contribution in [3.05, 3.63) is 11.8 Å². The van der Waals surface area contributed by atoms with Crippen molar-refractivity contribution >= 4 is 17.1 Å². The molecule has 0 aromatic carbocycles. The highest BCUT2D eigenvalue weighted by Gasteiger charge is 1.36. The van der Waals surface area contributed by atoms with E-state index in [-0.39, 0.29) is 0 Å². The topological polar surface area (TPSA) is 0 Å². The fourth-order valence-electron chi connectivity index (χ4n) is 0. The summed E-state index contributed by atoms with van der Waals surface area (Å²) in [5.74, 6) is 3.88. The Morgan fingerprint density at radius 3 is 2.00 bits per heavy atom. The number of hydrogen-bond donors (Lipinski definition) is 0. The van der Waals surface area contributed by atoms with E-state index in [9.17, 15) is 0 Å². The molecule has 0 heterocycles. The monoisotopic (exact) mass is 72.0 g/mol. The summed E-state index contributed by atoms with van der Waals surface area (Å²) in [6, 6.07) is 0. The summed E-state index contributed by atoms with van der Waals surface area (Å²) in [5.41, 5.74) is 0. The Hall–Kier alpha value is 0.235. The molecule has 4 heavy (non-hydrogen) atoms. The van der Waals surface area contributed by atoms with Crippen LogP contribution in [0.1, 0.15) is 0 Å².